The number of hydrogen-bond acceptors (Lipinski definition) is 3. The van der Waals surface area contributed by atoms with Crippen molar-refractivity contribution in [1.29, 1.82) is 0 Å². The van der Waals surface area contributed by atoms with E-state index in [4.69, 9.17) is 0 Å². The zero-order chi connectivity index (χ0) is 16.4. The highest BCUT2D eigenvalue weighted by Gasteiger charge is 2.30. The van der Waals surface area contributed by atoms with E-state index < -0.39 is 6.04 Å². The van der Waals surface area contributed by atoms with E-state index in [2.05, 4.69) is 15.6 Å². The van der Waals surface area contributed by atoms with Crippen LogP contribution in [0, 0.1) is 0 Å². The molecule has 6 heteroatoms. The van der Waals surface area contributed by atoms with Crippen molar-refractivity contribution in [2.24, 2.45) is 0 Å². The third-order valence-electron chi connectivity index (χ3n) is 4.05. The van der Waals surface area contributed by atoms with E-state index in [-0.39, 0.29) is 18.4 Å². The minimum Gasteiger partial charge on any atom is -0.355 e. The summed E-state index contributed by atoms with van der Waals surface area (Å²) in [6, 6.07) is 7.31. The number of fused-ring (bicyclic) bond motifs is 1. The molecule has 1 aliphatic carbocycles. The molecular weight excluding hydrogens is 292 g/mol. The lowest BCUT2D eigenvalue weighted by Gasteiger charge is -2.14. The van der Waals surface area contributed by atoms with Crippen molar-refractivity contribution in [2.75, 3.05) is 6.54 Å². The number of likely N-dealkylation sites (N-methyl/N-ethyl adjacent to an activating group) is 1. The van der Waals surface area contributed by atoms with Gasteiger partial charge in [-0.15, -0.1) is 0 Å². The molecular formula is C17H22N4O2. The number of amides is 2. The van der Waals surface area contributed by atoms with E-state index in [9.17, 15) is 9.59 Å². The summed E-state index contributed by atoms with van der Waals surface area (Å²) in [6.45, 7) is 4.29. The van der Waals surface area contributed by atoms with Crippen molar-refractivity contribution in [3.8, 4) is 0 Å². The molecule has 122 valence electrons. The van der Waals surface area contributed by atoms with Crippen molar-refractivity contribution in [1.82, 2.24) is 20.2 Å². The highest BCUT2D eigenvalue weighted by atomic mass is 16.2. The summed E-state index contributed by atoms with van der Waals surface area (Å²) in [5, 5.41) is 5.46. The Morgan fingerprint density at radius 3 is 2.78 bits per heavy atom. The SMILES string of the molecule is CCNC(=O)C(C)NC(=O)Cn1c(C2CC2)nc2ccccc21. The van der Waals surface area contributed by atoms with Gasteiger partial charge in [-0.1, -0.05) is 12.1 Å². The molecule has 1 aromatic heterocycles. The van der Waals surface area contributed by atoms with Gasteiger partial charge in [0.15, 0.2) is 0 Å². The maximum absolute atomic E-state index is 12.3. The molecule has 2 N–H and O–H groups in total. The van der Waals surface area contributed by atoms with Gasteiger partial charge < -0.3 is 15.2 Å². The molecule has 1 fully saturated rings. The van der Waals surface area contributed by atoms with Crippen LogP contribution < -0.4 is 10.6 Å². The van der Waals surface area contributed by atoms with E-state index in [1.807, 2.05) is 35.8 Å². The van der Waals surface area contributed by atoms with Crippen LogP contribution in [0.2, 0.25) is 0 Å². The maximum Gasteiger partial charge on any atom is 0.242 e. The molecule has 2 amide bonds. The first-order valence-electron chi connectivity index (χ1n) is 8.12. The zero-order valence-corrected chi connectivity index (χ0v) is 13.5. The van der Waals surface area contributed by atoms with Crippen molar-refractivity contribution in [3.05, 3.63) is 30.1 Å². The molecule has 1 aliphatic rings. The summed E-state index contributed by atoms with van der Waals surface area (Å²) < 4.78 is 1.98. The number of nitrogens with zero attached hydrogens (tertiary/aromatic N) is 2. The van der Waals surface area contributed by atoms with E-state index in [0.29, 0.717) is 12.5 Å². The van der Waals surface area contributed by atoms with Gasteiger partial charge in [-0.25, -0.2) is 4.98 Å². The molecule has 23 heavy (non-hydrogen) atoms. The average Bonchev–Trinajstić information content (AvgIpc) is 3.31. The van der Waals surface area contributed by atoms with E-state index >= 15 is 0 Å². The van der Waals surface area contributed by atoms with Crippen LogP contribution in [-0.4, -0.2) is 34.0 Å². The lowest BCUT2D eigenvalue weighted by molar-refractivity contribution is -0.128. The lowest BCUT2D eigenvalue weighted by atomic mass is 10.3. The van der Waals surface area contributed by atoms with Crippen molar-refractivity contribution < 1.29 is 9.59 Å². The fourth-order valence-electron chi connectivity index (χ4n) is 2.74. The first-order chi connectivity index (χ1) is 11.1. The Kier molecular flexibility index (Phi) is 4.32. The van der Waals surface area contributed by atoms with Gasteiger partial charge in [0.1, 0.15) is 18.4 Å². The fraction of sp³-hybridized carbons (Fsp3) is 0.471. The number of hydrogen-bond donors (Lipinski definition) is 2. The Labute approximate surface area is 135 Å². The van der Waals surface area contributed by atoms with Crippen LogP contribution in [0.3, 0.4) is 0 Å². The first kappa shape index (κ1) is 15.5. The van der Waals surface area contributed by atoms with E-state index in [1.165, 1.54) is 0 Å². The standard InChI is InChI=1S/C17H22N4O2/c1-3-18-17(23)11(2)19-15(22)10-21-14-7-5-4-6-13(14)20-16(21)12-8-9-12/h4-7,11-12H,3,8-10H2,1-2H3,(H,18,23)(H,19,22). The number of benzene rings is 1. The number of imidazole rings is 1. The van der Waals surface area contributed by atoms with Gasteiger partial charge in [0, 0.05) is 12.5 Å². The first-order valence-corrected chi connectivity index (χ1v) is 8.12. The fourth-order valence-corrected chi connectivity index (χ4v) is 2.74. The number of para-hydroxylation sites is 2. The van der Waals surface area contributed by atoms with Gasteiger partial charge in [0.2, 0.25) is 11.8 Å². The minimum atomic E-state index is -0.540. The Morgan fingerprint density at radius 2 is 2.09 bits per heavy atom. The van der Waals surface area contributed by atoms with Gasteiger partial charge in [0.25, 0.3) is 0 Å². The minimum absolute atomic E-state index is 0.168. The Morgan fingerprint density at radius 1 is 1.35 bits per heavy atom. The molecule has 1 heterocycles. The van der Waals surface area contributed by atoms with Gasteiger partial charge in [0.05, 0.1) is 11.0 Å². The van der Waals surface area contributed by atoms with Crippen LogP contribution >= 0.6 is 0 Å². The van der Waals surface area contributed by atoms with Crippen molar-refractivity contribution in [2.45, 2.75) is 45.2 Å². The van der Waals surface area contributed by atoms with Crippen molar-refractivity contribution in [3.63, 3.8) is 0 Å². The summed E-state index contributed by atoms with van der Waals surface area (Å²) >= 11 is 0. The van der Waals surface area contributed by atoms with Crippen LogP contribution in [0.5, 0.6) is 0 Å². The molecule has 0 spiro atoms. The third kappa shape index (κ3) is 3.36. The monoisotopic (exact) mass is 314 g/mol. The summed E-state index contributed by atoms with van der Waals surface area (Å²) in [5.74, 6) is 1.09. The topological polar surface area (TPSA) is 76.0 Å². The van der Waals surface area contributed by atoms with Crippen LogP contribution in [0.25, 0.3) is 11.0 Å². The largest absolute Gasteiger partial charge is 0.355 e. The molecule has 1 saturated carbocycles. The van der Waals surface area contributed by atoms with Gasteiger partial charge in [-0.05, 0) is 38.8 Å². The van der Waals surface area contributed by atoms with Crippen LogP contribution in [-0.2, 0) is 16.1 Å². The summed E-state index contributed by atoms with van der Waals surface area (Å²) in [6.07, 6.45) is 2.25. The molecule has 0 saturated heterocycles. The summed E-state index contributed by atoms with van der Waals surface area (Å²) in [4.78, 5) is 28.7. The molecule has 0 bridgehead atoms. The predicted octanol–water partition coefficient (Wildman–Crippen LogP) is 1.55. The second kappa shape index (κ2) is 6.40. The quantitative estimate of drug-likeness (QED) is 0.849. The summed E-state index contributed by atoms with van der Waals surface area (Å²) in [7, 11) is 0. The van der Waals surface area contributed by atoms with Crippen LogP contribution in [0.1, 0.15) is 38.4 Å². The summed E-state index contributed by atoms with van der Waals surface area (Å²) in [5.41, 5.74) is 1.88. The molecule has 2 aromatic rings. The number of carbonyl (C=O) groups excluding carboxylic acids is 2. The number of carbonyl (C=O) groups is 2. The Bertz CT molecular complexity index is 733. The number of rotatable bonds is 6. The molecule has 0 aliphatic heterocycles. The zero-order valence-electron chi connectivity index (χ0n) is 13.5. The molecule has 1 unspecified atom stereocenters. The van der Waals surface area contributed by atoms with Gasteiger partial charge in [-0.3, -0.25) is 9.59 Å². The number of aromatic nitrogens is 2. The predicted molar refractivity (Wildman–Crippen MR) is 88.0 cm³/mol. The molecule has 0 radical (unpaired) electrons. The second-order valence-electron chi connectivity index (χ2n) is 6.00. The van der Waals surface area contributed by atoms with Gasteiger partial charge >= 0.3 is 0 Å². The molecule has 3 rings (SSSR count). The smallest absolute Gasteiger partial charge is 0.242 e. The average molecular weight is 314 g/mol. The highest BCUT2D eigenvalue weighted by Crippen LogP contribution is 2.40. The van der Waals surface area contributed by atoms with Crippen LogP contribution in [0.15, 0.2) is 24.3 Å². The molecule has 6 nitrogen and oxygen atoms in total. The highest BCUT2D eigenvalue weighted by molar-refractivity contribution is 5.88. The Hall–Kier alpha value is -2.37. The second-order valence-corrected chi connectivity index (χ2v) is 6.00. The van der Waals surface area contributed by atoms with Crippen LogP contribution in [0.4, 0.5) is 0 Å². The normalized spacial score (nSPS) is 15.4. The molecule has 1 aromatic carbocycles. The van der Waals surface area contributed by atoms with Gasteiger partial charge in [-0.2, -0.15) is 0 Å². The Balaban J connectivity index is 1.77. The lowest BCUT2D eigenvalue weighted by Crippen LogP contribution is -2.45. The molecule has 1 atom stereocenters. The number of nitrogens with one attached hydrogen (secondary N) is 2. The van der Waals surface area contributed by atoms with E-state index in [1.54, 1.807) is 6.92 Å². The third-order valence-corrected chi connectivity index (χ3v) is 4.05. The maximum atomic E-state index is 12.3. The van der Waals surface area contributed by atoms with E-state index in [0.717, 1.165) is 29.7 Å². The van der Waals surface area contributed by atoms with Crippen molar-refractivity contribution >= 4 is 22.8 Å².